The van der Waals surface area contributed by atoms with Crippen molar-refractivity contribution in [1.82, 2.24) is 15.1 Å². The van der Waals surface area contributed by atoms with Gasteiger partial charge in [0.15, 0.2) is 5.82 Å². The number of piperazine rings is 1. The summed E-state index contributed by atoms with van der Waals surface area (Å²) < 4.78 is 0.914. The summed E-state index contributed by atoms with van der Waals surface area (Å²) in [6.45, 7) is 8.21. The van der Waals surface area contributed by atoms with Crippen LogP contribution in [0.25, 0.3) is 0 Å². The van der Waals surface area contributed by atoms with Crippen LogP contribution in [0.15, 0.2) is 12.1 Å². The maximum atomic E-state index is 9.80. The highest BCUT2D eigenvalue weighted by molar-refractivity contribution is 14.1. The van der Waals surface area contributed by atoms with Gasteiger partial charge in [-0.25, -0.2) is 0 Å². The highest BCUT2D eigenvalue weighted by Crippen LogP contribution is 2.14. The fourth-order valence-electron chi connectivity index (χ4n) is 2.16. The number of anilines is 1. The first-order chi connectivity index (χ1) is 8.44. The van der Waals surface area contributed by atoms with Gasteiger partial charge < -0.3 is 10.0 Å². The van der Waals surface area contributed by atoms with E-state index in [4.69, 9.17) is 0 Å². The van der Waals surface area contributed by atoms with Gasteiger partial charge in [0, 0.05) is 32.7 Å². The number of rotatable bonds is 3. The first kappa shape index (κ1) is 14.0. The smallest absolute Gasteiger partial charge is 0.151 e. The second-order valence-electron chi connectivity index (χ2n) is 5.29. The molecular formula is C12H19IN4O. The van der Waals surface area contributed by atoms with Crippen LogP contribution in [-0.4, -0.2) is 58.5 Å². The highest BCUT2D eigenvalue weighted by Gasteiger charge is 2.23. The second kappa shape index (κ2) is 5.66. The third kappa shape index (κ3) is 4.03. The lowest BCUT2D eigenvalue weighted by atomic mass is 10.1. The first-order valence-electron chi connectivity index (χ1n) is 6.13. The zero-order valence-corrected chi connectivity index (χ0v) is 13.0. The van der Waals surface area contributed by atoms with Crippen molar-refractivity contribution >= 4 is 28.4 Å². The number of hydrogen-bond donors (Lipinski definition) is 1. The molecule has 0 amide bonds. The molecule has 1 aliphatic heterocycles. The standard InChI is InChI=1S/C12H19IN4O/c1-12(2,18)9-16-5-7-17(8-6-16)11-4-3-10(13)14-15-11/h3-4,18H,5-9H2,1-2H3. The van der Waals surface area contributed by atoms with E-state index in [-0.39, 0.29) is 0 Å². The molecule has 0 bridgehead atoms. The summed E-state index contributed by atoms with van der Waals surface area (Å²) in [6.07, 6.45) is 0. The molecule has 6 heteroatoms. The third-order valence-electron chi connectivity index (χ3n) is 2.92. The molecule has 100 valence electrons. The Kier molecular flexibility index (Phi) is 4.39. The van der Waals surface area contributed by atoms with E-state index >= 15 is 0 Å². The average molecular weight is 362 g/mol. The Morgan fingerprint density at radius 3 is 2.39 bits per heavy atom. The van der Waals surface area contributed by atoms with Crippen molar-refractivity contribution in [3.05, 3.63) is 15.8 Å². The molecule has 2 heterocycles. The SMILES string of the molecule is CC(C)(O)CN1CCN(c2ccc(I)nn2)CC1. The van der Waals surface area contributed by atoms with E-state index in [1.54, 1.807) is 0 Å². The van der Waals surface area contributed by atoms with E-state index < -0.39 is 5.60 Å². The molecule has 0 aromatic carbocycles. The van der Waals surface area contributed by atoms with E-state index in [0.29, 0.717) is 0 Å². The lowest BCUT2D eigenvalue weighted by molar-refractivity contribution is 0.0344. The van der Waals surface area contributed by atoms with Crippen LogP contribution in [0.5, 0.6) is 0 Å². The van der Waals surface area contributed by atoms with Crippen molar-refractivity contribution in [2.24, 2.45) is 0 Å². The lowest BCUT2D eigenvalue weighted by Crippen LogP contribution is -2.50. The molecule has 1 saturated heterocycles. The van der Waals surface area contributed by atoms with Crippen molar-refractivity contribution in [3.63, 3.8) is 0 Å². The van der Waals surface area contributed by atoms with Gasteiger partial charge in [0.1, 0.15) is 3.70 Å². The molecule has 1 aromatic heterocycles. The topological polar surface area (TPSA) is 52.5 Å². The fourth-order valence-corrected chi connectivity index (χ4v) is 2.45. The summed E-state index contributed by atoms with van der Waals surface area (Å²) in [7, 11) is 0. The van der Waals surface area contributed by atoms with Gasteiger partial charge in [-0.1, -0.05) is 0 Å². The van der Waals surface area contributed by atoms with Gasteiger partial charge in [-0.3, -0.25) is 4.90 Å². The van der Waals surface area contributed by atoms with Crippen LogP contribution >= 0.6 is 22.6 Å². The summed E-state index contributed by atoms with van der Waals surface area (Å²) in [5.74, 6) is 0.943. The minimum absolute atomic E-state index is 0.620. The van der Waals surface area contributed by atoms with E-state index in [1.165, 1.54) is 0 Å². The Morgan fingerprint density at radius 1 is 1.22 bits per heavy atom. The van der Waals surface area contributed by atoms with Gasteiger partial charge in [0.05, 0.1) is 5.60 Å². The van der Waals surface area contributed by atoms with Crippen LogP contribution < -0.4 is 4.90 Å². The quantitative estimate of drug-likeness (QED) is 0.813. The van der Waals surface area contributed by atoms with Crippen molar-refractivity contribution in [2.45, 2.75) is 19.4 Å². The second-order valence-corrected chi connectivity index (χ2v) is 6.40. The molecule has 18 heavy (non-hydrogen) atoms. The van der Waals surface area contributed by atoms with Crippen LogP contribution in [0.2, 0.25) is 0 Å². The minimum atomic E-state index is -0.620. The Labute approximate surface area is 121 Å². The molecule has 0 unspecified atom stereocenters. The van der Waals surface area contributed by atoms with E-state index in [2.05, 4.69) is 42.6 Å². The maximum Gasteiger partial charge on any atom is 0.151 e. The van der Waals surface area contributed by atoms with E-state index in [1.807, 2.05) is 26.0 Å². The predicted octanol–water partition coefficient (Wildman–Crippen LogP) is 0.974. The number of hydrogen-bond acceptors (Lipinski definition) is 5. The first-order valence-corrected chi connectivity index (χ1v) is 7.21. The molecule has 5 nitrogen and oxygen atoms in total. The van der Waals surface area contributed by atoms with Gasteiger partial charge in [0.25, 0.3) is 0 Å². The Morgan fingerprint density at radius 2 is 1.89 bits per heavy atom. The molecule has 1 fully saturated rings. The molecular weight excluding hydrogens is 343 g/mol. The minimum Gasteiger partial charge on any atom is -0.389 e. The van der Waals surface area contributed by atoms with Crippen LogP contribution in [-0.2, 0) is 0 Å². The van der Waals surface area contributed by atoms with Crippen molar-refractivity contribution in [2.75, 3.05) is 37.6 Å². The monoisotopic (exact) mass is 362 g/mol. The lowest BCUT2D eigenvalue weighted by Gasteiger charge is -2.37. The van der Waals surface area contributed by atoms with Gasteiger partial charge >= 0.3 is 0 Å². The van der Waals surface area contributed by atoms with Crippen molar-refractivity contribution in [3.8, 4) is 0 Å². The molecule has 1 aliphatic rings. The number of halogens is 1. The molecule has 0 spiro atoms. The Hall–Kier alpha value is -0.470. The van der Waals surface area contributed by atoms with E-state index in [9.17, 15) is 5.11 Å². The summed E-state index contributed by atoms with van der Waals surface area (Å²) in [4.78, 5) is 4.53. The van der Waals surface area contributed by atoms with Gasteiger partial charge in [0.2, 0.25) is 0 Å². The molecule has 0 radical (unpaired) electrons. The van der Waals surface area contributed by atoms with Crippen LogP contribution in [0.1, 0.15) is 13.8 Å². The third-order valence-corrected chi connectivity index (χ3v) is 3.50. The number of nitrogens with zero attached hydrogens (tertiary/aromatic N) is 4. The van der Waals surface area contributed by atoms with Crippen LogP contribution in [0, 0.1) is 3.70 Å². The van der Waals surface area contributed by atoms with Crippen LogP contribution in [0.3, 0.4) is 0 Å². The summed E-state index contributed by atoms with van der Waals surface area (Å²) in [5, 5.41) is 18.1. The molecule has 2 rings (SSSR count). The molecule has 1 N–H and O–H groups in total. The van der Waals surface area contributed by atoms with Gasteiger partial charge in [-0.2, -0.15) is 0 Å². The maximum absolute atomic E-state index is 9.80. The Balaban J connectivity index is 1.88. The number of aliphatic hydroxyl groups is 1. The molecule has 0 atom stereocenters. The molecule has 0 saturated carbocycles. The van der Waals surface area contributed by atoms with Crippen molar-refractivity contribution in [1.29, 1.82) is 0 Å². The summed E-state index contributed by atoms with van der Waals surface area (Å²) in [6, 6.07) is 3.99. The van der Waals surface area contributed by atoms with Crippen molar-refractivity contribution < 1.29 is 5.11 Å². The zero-order chi connectivity index (χ0) is 13.2. The molecule has 1 aromatic rings. The van der Waals surface area contributed by atoms with Crippen LogP contribution in [0.4, 0.5) is 5.82 Å². The predicted molar refractivity (Wildman–Crippen MR) is 79.7 cm³/mol. The highest BCUT2D eigenvalue weighted by atomic mass is 127. The van der Waals surface area contributed by atoms with Gasteiger partial charge in [-0.05, 0) is 48.6 Å². The summed E-state index contributed by atoms with van der Waals surface area (Å²) in [5.41, 5.74) is -0.620. The summed E-state index contributed by atoms with van der Waals surface area (Å²) >= 11 is 2.16. The van der Waals surface area contributed by atoms with E-state index in [0.717, 1.165) is 42.2 Å². The normalized spacial score (nSPS) is 18.1. The average Bonchev–Trinajstić information content (AvgIpc) is 2.29. The largest absolute Gasteiger partial charge is 0.389 e. The molecule has 0 aliphatic carbocycles. The number of β-amino-alcohol motifs (C(OH)–C–C–N with tert-alkyl or cyclic N) is 1. The number of aromatic nitrogens is 2. The zero-order valence-electron chi connectivity index (χ0n) is 10.8. The Bertz CT molecular complexity index is 382. The fraction of sp³-hybridized carbons (Fsp3) is 0.667. The van der Waals surface area contributed by atoms with Gasteiger partial charge in [-0.15, -0.1) is 10.2 Å².